The first-order valence-electron chi connectivity index (χ1n) is 10.2. The number of rotatable bonds is 9. The predicted molar refractivity (Wildman–Crippen MR) is 118 cm³/mol. The molecule has 1 heterocycles. The molecular weight excluding hydrogens is 388 g/mol. The molecule has 4 aromatic rings. The van der Waals surface area contributed by atoms with E-state index in [4.69, 9.17) is 4.52 Å². The normalized spacial score (nSPS) is 11.7. The molecule has 6 nitrogen and oxygen atoms in total. The highest BCUT2D eigenvalue weighted by Crippen LogP contribution is 2.19. The molecule has 156 valence electrons. The molecule has 0 spiro atoms. The van der Waals surface area contributed by atoms with E-state index in [1.54, 1.807) is 12.1 Å². The van der Waals surface area contributed by atoms with Gasteiger partial charge in [-0.2, -0.15) is 4.98 Å². The Morgan fingerprint density at radius 3 is 2.19 bits per heavy atom. The second-order valence-corrected chi connectivity index (χ2v) is 7.19. The van der Waals surface area contributed by atoms with Gasteiger partial charge >= 0.3 is 0 Å². The second kappa shape index (κ2) is 10.3. The van der Waals surface area contributed by atoms with E-state index in [9.17, 15) is 4.79 Å². The second-order valence-electron chi connectivity index (χ2n) is 7.19. The Kier molecular flexibility index (Phi) is 6.82. The van der Waals surface area contributed by atoms with E-state index in [0.29, 0.717) is 23.8 Å². The molecule has 0 saturated heterocycles. The molecular formula is C25H24N4O2. The predicted octanol–water partition coefficient (Wildman–Crippen LogP) is 4.07. The van der Waals surface area contributed by atoms with Gasteiger partial charge in [0, 0.05) is 11.6 Å². The summed E-state index contributed by atoms with van der Waals surface area (Å²) < 4.78 is 5.36. The highest BCUT2D eigenvalue weighted by molar-refractivity contribution is 5.93. The molecule has 1 atom stereocenters. The zero-order chi connectivity index (χ0) is 21.3. The van der Waals surface area contributed by atoms with Gasteiger partial charge in [-0.05, 0) is 29.7 Å². The van der Waals surface area contributed by atoms with E-state index in [1.165, 1.54) is 11.1 Å². The molecule has 2 N–H and O–H groups in total. The molecule has 1 amide bonds. The van der Waals surface area contributed by atoms with Crippen LogP contribution in [0, 0.1) is 0 Å². The van der Waals surface area contributed by atoms with Crippen LogP contribution in [0.2, 0.25) is 0 Å². The van der Waals surface area contributed by atoms with Crippen molar-refractivity contribution in [2.24, 2.45) is 0 Å². The minimum Gasteiger partial charge on any atom is -0.345 e. The number of carbonyl (C=O) groups excluding carboxylic acids is 1. The zero-order valence-corrected chi connectivity index (χ0v) is 17.1. The molecule has 0 radical (unpaired) electrons. The number of nitrogens with one attached hydrogen (secondary N) is 2. The summed E-state index contributed by atoms with van der Waals surface area (Å²) in [5.41, 5.74) is 3.04. The topological polar surface area (TPSA) is 80.0 Å². The monoisotopic (exact) mass is 412 g/mol. The summed E-state index contributed by atoms with van der Waals surface area (Å²) in [6.07, 6.45) is 0.846. The number of hydrogen-bond acceptors (Lipinski definition) is 5. The van der Waals surface area contributed by atoms with Crippen molar-refractivity contribution in [3.63, 3.8) is 0 Å². The lowest BCUT2D eigenvalue weighted by Crippen LogP contribution is -2.24. The third-order valence-electron chi connectivity index (χ3n) is 4.94. The van der Waals surface area contributed by atoms with Gasteiger partial charge in [-0.15, -0.1) is 0 Å². The summed E-state index contributed by atoms with van der Waals surface area (Å²) in [4.78, 5) is 16.6. The van der Waals surface area contributed by atoms with E-state index in [-0.39, 0.29) is 18.5 Å². The average Bonchev–Trinajstić information content (AvgIpc) is 3.30. The highest BCUT2D eigenvalue weighted by Gasteiger charge is 2.14. The third kappa shape index (κ3) is 5.87. The van der Waals surface area contributed by atoms with Gasteiger partial charge in [0.2, 0.25) is 5.89 Å². The van der Waals surface area contributed by atoms with Crippen LogP contribution in [0.1, 0.15) is 39.2 Å². The van der Waals surface area contributed by atoms with Crippen molar-refractivity contribution in [2.45, 2.75) is 25.6 Å². The molecule has 0 aliphatic rings. The molecule has 31 heavy (non-hydrogen) atoms. The number of amides is 1. The Labute approximate surface area is 181 Å². The van der Waals surface area contributed by atoms with Crippen LogP contribution in [0.5, 0.6) is 0 Å². The van der Waals surface area contributed by atoms with Crippen LogP contribution in [-0.2, 0) is 19.5 Å². The van der Waals surface area contributed by atoms with Crippen molar-refractivity contribution in [1.82, 2.24) is 20.8 Å². The van der Waals surface area contributed by atoms with Crippen molar-refractivity contribution in [3.05, 3.63) is 119 Å². The Morgan fingerprint density at radius 2 is 1.48 bits per heavy atom. The fraction of sp³-hybridized carbons (Fsp3) is 0.160. The molecule has 0 bridgehead atoms. The third-order valence-corrected chi connectivity index (χ3v) is 4.94. The molecule has 0 aliphatic carbocycles. The van der Waals surface area contributed by atoms with Crippen molar-refractivity contribution < 1.29 is 9.32 Å². The molecule has 1 aromatic heterocycles. The van der Waals surface area contributed by atoms with Crippen molar-refractivity contribution in [1.29, 1.82) is 0 Å². The zero-order valence-electron chi connectivity index (χ0n) is 17.1. The summed E-state index contributed by atoms with van der Waals surface area (Å²) in [7, 11) is 0. The van der Waals surface area contributed by atoms with Crippen molar-refractivity contribution in [2.75, 3.05) is 0 Å². The molecule has 0 fully saturated rings. The smallest absolute Gasteiger partial charge is 0.251 e. The van der Waals surface area contributed by atoms with Crippen LogP contribution in [-0.4, -0.2) is 16.0 Å². The Balaban J connectivity index is 1.35. The van der Waals surface area contributed by atoms with E-state index >= 15 is 0 Å². The van der Waals surface area contributed by atoms with E-state index < -0.39 is 0 Å². The Morgan fingerprint density at radius 1 is 0.839 bits per heavy atom. The van der Waals surface area contributed by atoms with Crippen LogP contribution >= 0.6 is 0 Å². The molecule has 0 saturated carbocycles. The number of aromatic nitrogens is 2. The maximum absolute atomic E-state index is 12.2. The summed E-state index contributed by atoms with van der Waals surface area (Å²) >= 11 is 0. The lowest BCUT2D eigenvalue weighted by atomic mass is 9.99. The van der Waals surface area contributed by atoms with Crippen LogP contribution in [0.3, 0.4) is 0 Å². The number of benzene rings is 3. The molecule has 6 heteroatoms. The van der Waals surface area contributed by atoms with Gasteiger partial charge in [0.1, 0.15) is 0 Å². The Bertz CT molecular complexity index is 1080. The van der Waals surface area contributed by atoms with Crippen LogP contribution in [0.25, 0.3) is 0 Å². The summed E-state index contributed by atoms with van der Waals surface area (Å²) in [6, 6.07) is 29.8. The summed E-state index contributed by atoms with van der Waals surface area (Å²) in [5, 5.41) is 10.3. The molecule has 4 rings (SSSR count). The minimum absolute atomic E-state index is 0.108. The van der Waals surface area contributed by atoms with Gasteiger partial charge in [-0.3, -0.25) is 4.79 Å². The largest absolute Gasteiger partial charge is 0.345 e. The fourth-order valence-corrected chi connectivity index (χ4v) is 3.34. The standard InChI is InChI=1S/C25H24N4O2/c30-25(21-14-8-3-9-15-21)27-17-23-28-24(31-29-23)18-26-22(20-12-6-2-7-13-20)16-19-10-4-1-5-11-19/h1-15,22,26H,16-18H2,(H,27,30). The van der Waals surface area contributed by atoms with Gasteiger partial charge in [-0.1, -0.05) is 84.0 Å². The van der Waals surface area contributed by atoms with Crippen molar-refractivity contribution >= 4 is 5.91 Å². The van der Waals surface area contributed by atoms with E-state index in [1.807, 2.05) is 54.6 Å². The Hall–Kier alpha value is -3.77. The first-order valence-corrected chi connectivity index (χ1v) is 10.2. The average molecular weight is 412 g/mol. The molecule has 1 unspecified atom stereocenters. The first-order chi connectivity index (χ1) is 15.3. The fourth-order valence-electron chi connectivity index (χ4n) is 3.34. The molecule has 3 aromatic carbocycles. The lowest BCUT2D eigenvalue weighted by Gasteiger charge is -2.18. The van der Waals surface area contributed by atoms with Gasteiger partial charge in [0.15, 0.2) is 5.82 Å². The SMILES string of the molecule is O=C(NCc1noc(CNC(Cc2ccccc2)c2ccccc2)n1)c1ccccc1. The van der Waals surface area contributed by atoms with E-state index in [2.05, 4.69) is 45.0 Å². The summed E-state index contributed by atoms with van der Waals surface area (Å²) in [6.45, 7) is 0.648. The lowest BCUT2D eigenvalue weighted by molar-refractivity contribution is 0.0949. The quantitative estimate of drug-likeness (QED) is 0.433. The van der Waals surface area contributed by atoms with Crippen LogP contribution in [0.4, 0.5) is 0 Å². The van der Waals surface area contributed by atoms with Gasteiger partial charge in [0.05, 0.1) is 13.1 Å². The first kappa shape index (κ1) is 20.5. The molecule has 0 aliphatic heterocycles. The van der Waals surface area contributed by atoms with Gasteiger partial charge in [0.25, 0.3) is 5.91 Å². The van der Waals surface area contributed by atoms with Gasteiger partial charge < -0.3 is 15.2 Å². The number of nitrogens with zero attached hydrogens (tertiary/aromatic N) is 2. The number of carbonyl (C=O) groups is 1. The minimum atomic E-state index is -0.169. The van der Waals surface area contributed by atoms with Crippen molar-refractivity contribution in [3.8, 4) is 0 Å². The summed E-state index contributed by atoms with van der Waals surface area (Å²) in [5.74, 6) is 0.760. The maximum Gasteiger partial charge on any atom is 0.251 e. The highest BCUT2D eigenvalue weighted by atomic mass is 16.5. The van der Waals surface area contributed by atoms with Crippen LogP contribution < -0.4 is 10.6 Å². The van der Waals surface area contributed by atoms with E-state index in [0.717, 1.165) is 6.42 Å². The number of hydrogen-bond donors (Lipinski definition) is 2. The van der Waals surface area contributed by atoms with Gasteiger partial charge in [-0.25, -0.2) is 0 Å². The maximum atomic E-state index is 12.2. The van der Waals surface area contributed by atoms with Crippen LogP contribution in [0.15, 0.2) is 95.5 Å².